The van der Waals surface area contributed by atoms with Gasteiger partial charge in [-0.3, -0.25) is 8.98 Å². The zero-order valence-corrected chi connectivity index (χ0v) is 13.0. The van der Waals surface area contributed by atoms with Crippen molar-refractivity contribution in [3.63, 3.8) is 0 Å². The van der Waals surface area contributed by atoms with Gasteiger partial charge in [0.15, 0.2) is 0 Å². The number of carbonyl (C=O) groups is 1. The van der Waals surface area contributed by atoms with Crippen LogP contribution in [0, 0.1) is 0 Å². The Kier molecular flexibility index (Phi) is 3.57. The Morgan fingerprint density at radius 3 is 2.82 bits per heavy atom. The third kappa shape index (κ3) is 2.79. The molecule has 0 saturated carbocycles. The first-order valence-corrected chi connectivity index (χ1v) is 8.53. The van der Waals surface area contributed by atoms with Gasteiger partial charge in [-0.25, -0.2) is 0 Å². The quantitative estimate of drug-likeness (QED) is 0.811. The number of amides is 1. The van der Waals surface area contributed by atoms with E-state index in [2.05, 4.69) is 10.3 Å². The summed E-state index contributed by atoms with van der Waals surface area (Å²) < 4.78 is 32.2. The molecule has 1 aliphatic heterocycles. The molecule has 8 heteroatoms. The summed E-state index contributed by atoms with van der Waals surface area (Å²) in [6.45, 7) is -0.0827. The molecule has 2 N–H and O–H groups in total. The monoisotopic (exact) mass is 324 g/mol. The summed E-state index contributed by atoms with van der Waals surface area (Å²) in [5.41, 5.74) is 2.18. The number of benzene rings is 1. The highest BCUT2D eigenvalue weighted by molar-refractivity contribution is 7.85. The number of aromatic nitrogens is 1. The second-order valence-corrected chi connectivity index (χ2v) is 6.90. The average Bonchev–Trinajstić information content (AvgIpc) is 2.83. The minimum atomic E-state index is -3.54. The molecule has 7 nitrogen and oxygen atoms in total. The molecule has 0 aliphatic carbocycles. The van der Waals surface area contributed by atoms with Crippen molar-refractivity contribution in [3.8, 4) is 5.75 Å². The van der Waals surface area contributed by atoms with Gasteiger partial charge in [0.1, 0.15) is 11.4 Å². The Balaban J connectivity index is 1.95. The van der Waals surface area contributed by atoms with E-state index in [0.717, 1.165) is 22.7 Å². The Morgan fingerprint density at radius 1 is 1.36 bits per heavy atom. The molecule has 1 amide bonds. The third-order valence-electron chi connectivity index (χ3n) is 3.61. The predicted molar refractivity (Wildman–Crippen MR) is 80.6 cm³/mol. The molecule has 0 radical (unpaired) electrons. The first-order chi connectivity index (χ1) is 10.4. The van der Waals surface area contributed by atoms with Crippen molar-refractivity contribution in [1.29, 1.82) is 0 Å². The van der Waals surface area contributed by atoms with Crippen LogP contribution in [0.3, 0.4) is 0 Å². The lowest BCUT2D eigenvalue weighted by atomic mass is 9.98. The van der Waals surface area contributed by atoms with Crippen molar-refractivity contribution in [2.24, 2.45) is 0 Å². The number of carbonyl (C=O) groups excluding carboxylic acids is 1. The van der Waals surface area contributed by atoms with Crippen molar-refractivity contribution >= 4 is 26.9 Å². The number of ether oxygens (including phenoxy) is 1. The van der Waals surface area contributed by atoms with Crippen LogP contribution in [-0.2, 0) is 20.7 Å². The highest BCUT2D eigenvalue weighted by Crippen LogP contribution is 2.29. The number of aromatic amines is 1. The van der Waals surface area contributed by atoms with Crippen LogP contribution in [0.1, 0.15) is 16.1 Å². The Bertz CT molecular complexity index is 840. The Labute approximate surface area is 127 Å². The fourth-order valence-electron chi connectivity index (χ4n) is 2.62. The summed E-state index contributed by atoms with van der Waals surface area (Å²) in [5, 5.41) is 3.64. The molecule has 1 aromatic carbocycles. The molecule has 2 heterocycles. The summed E-state index contributed by atoms with van der Waals surface area (Å²) >= 11 is 0. The highest BCUT2D eigenvalue weighted by atomic mass is 32.2. The fraction of sp³-hybridized carbons (Fsp3) is 0.357. The smallest absolute Gasteiger partial charge is 0.268 e. The van der Waals surface area contributed by atoms with E-state index in [1.54, 1.807) is 7.11 Å². The number of fused-ring (bicyclic) bond motifs is 3. The van der Waals surface area contributed by atoms with E-state index in [-0.39, 0.29) is 18.6 Å². The van der Waals surface area contributed by atoms with E-state index in [4.69, 9.17) is 8.92 Å². The Morgan fingerprint density at radius 2 is 2.14 bits per heavy atom. The van der Waals surface area contributed by atoms with Crippen LogP contribution in [-0.4, -0.2) is 45.3 Å². The van der Waals surface area contributed by atoms with E-state index < -0.39 is 10.1 Å². The van der Waals surface area contributed by atoms with Gasteiger partial charge in [-0.2, -0.15) is 8.42 Å². The first-order valence-electron chi connectivity index (χ1n) is 6.71. The van der Waals surface area contributed by atoms with E-state index in [1.165, 1.54) is 0 Å². The van der Waals surface area contributed by atoms with E-state index in [9.17, 15) is 13.2 Å². The Hall–Kier alpha value is -2.06. The van der Waals surface area contributed by atoms with Gasteiger partial charge in [0, 0.05) is 10.9 Å². The zero-order valence-electron chi connectivity index (χ0n) is 12.2. The number of methoxy groups -OCH3 is 1. The maximum absolute atomic E-state index is 12.2. The third-order valence-corrected chi connectivity index (χ3v) is 4.17. The minimum Gasteiger partial charge on any atom is -0.497 e. The van der Waals surface area contributed by atoms with Crippen LogP contribution in [0.2, 0.25) is 0 Å². The van der Waals surface area contributed by atoms with Crippen molar-refractivity contribution in [1.82, 2.24) is 10.3 Å². The largest absolute Gasteiger partial charge is 0.497 e. The van der Waals surface area contributed by atoms with E-state index >= 15 is 0 Å². The lowest BCUT2D eigenvalue weighted by molar-refractivity contribution is 0.0904. The molecule has 1 aromatic heterocycles. The molecule has 0 bridgehead atoms. The molecule has 0 fully saturated rings. The van der Waals surface area contributed by atoms with Crippen molar-refractivity contribution in [2.75, 3.05) is 20.0 Å². The van der Waals surface area contributed by atoms with Gasteiger partial charge in [-0.05, 0) is 30.2 Å². The molecule has 0 spiro atoms. The van der Waals surface area contributed by atoms with E-state index in [1.807, 2.05) is 18.2 Å². The van der Waals surface area contributed by atoms with Crippen LogP contribution in [0.25, 0.3) is 10.9 Å². The lowest BCUT2D eigenvalue weighted by Crippen LogP contribution is -2.44. The van der Waals surface area contributed by atoms with E-state index in [0.29, 0.717) is 17.9 Å². The van der Waals surface area contributed by atoms with Crippen molar-refractivity contribution in [3.05, 3.63) is 29.5 Å². The summed E-state index contributed by atoms with van der Waals surface area (Å²) in [7, 11) is -1.96. The number of H-pyrrole nitrogens is 1. The van der Waals surface area contributed by atoms with Crippen molar-refractivity contribution < 1.29 is 22.1 Å². The maximum atomic E-state index is 12.2. The second kappa shape index (κ2) is 5.29. The predicted octanol–water partition coefficient (Wildman–Crippen LogP) is 0.807. The number of hydrogen-bond donors (Lipinski definition) is 2. The van der Waals surface area contributed by atoms with Gasteiger partial charge < -0.3 is 15.0 Å². The van der Waals surface area contributed by atoms with Gasteiger partial charge in [-0.15, -0.1) is 0 Å². The fourth-order valence-corrected chi connectivity index (χ4v) is 3.03. The zero-order chi connectivity index (χ0) is 15.9. The first kappa shape index (κ1) is 14.9. The van der Waals surface area contributed by atoms with Crippen LogP contribution in [0.15, 0.2) is 18.2 Å². The second-order valence-electron chi connectivity index (χ2n) is 5.25. The van der Waals surface area contributed by atoms with Gasteiger partial charge in [0.2, 0.25) is 0 Å². The molecule has 1 atom stereocenters. The topological polar surface area (TPSA) is 97.5 Å². The SMILES string of the molecule is COc1ccc2[nH]c3c(c2c1)CC(COS(C)(=O)=O)NC3=O. The molecule has 118 valence electrons. The molecular formula is C14H16N2O5S. The maximum Gasteiger partial charge on any atom is 0.268 e. The highest BCUT2D eigenvalue weighted by Gasteiger charge is 2.28. The molecule has 1 aliphatic rings. The summed E-state index contributed by atoms with van der Waals surface area (Å²) in [5.74, 6) is 0.433. The molecular weight excluding hydrogens is 308 g/mol. The van der Waals surface area contributed by atoms with Gasteiger partial charge in [0.25, 0.3) is 16.0 Å². The number of hydrogen-bond acceptors (Lipinski definition) is 5. The summed E-state index contributed by atoms with van der Waals surface area (Å²) in [6.07, 6.45) is 1.48. The minimum absolute atomic E-state index is 0.0827. The standard InChI is InChI=1S/C14H16N2O5S/c1-20-9-3-4-12-10(6-9)11-5-8(7-21-22(2,18)19)15-14(17)13(11)16-12/h3-4,6,8,16H,5,7H2,1-2H3,(H,15,17). The van der Waals surface area contributed by atoms with Crippen molar-refractivity contribution in [2.45, 2.75) is 12.5 Å². The molecule has 3 rings (SSSR count). The van der Waals surface area contributed by atoms with Gasteiger partial charge in [0.05, 0.1) is 26.0 Å². The van der Waals surface area contributed by atoms with Gasteiger partial charge >= 0.3 is 0 Å². The average molecular weight is 324 g/mol. The lowest BCUT2D eigenvalue weighted by Gasteiger charge is -2.23. The number of rotatable bonds is 4. The summed E-state index contributed by atoms with van der Waals surface area (Å²) in [6, 6.07) is 5.13. The number of nitrogens with one attached hydrogen (secondary N) is 2. The van der Waals surface area contributed by atoms with Crippen LogP contribution in [0.5, 0.6) is 5.75 Å². The molecule has 22 heavy (non-hydrogen) atoms. The summed E-state index contributed by atoms with van der Waals surface area (Å²) in [4.78, 5) is 15.2. The molecule has 0 saturated heterocycles. The van der Waals surface area contributed by atoms with Crippen LogP contribution < -0.4 is 10.1 Å². The molecule has 1 unspecified atom stereocenters. The normalized spacial score (nSPS) is 18.1. The van der Waals surface area contributed by atoms with Gasteiger partial charge in [-0.1, -0.05) is 0 Å². The van der Waals surface area contributed by atoms with Crippen LogP contribution >= 0.6 is 0 Å². The molecule has 2 aromatic rings. The van der Waals surface area contributed by atoms with Crippen LogP contribution in [0.4, 0.5) is 0 Å².